The third-order valence-corrected chi connectivity index (χ3v) is 5.32. The fraction of sp³-hybridized carbons (Fsp3) is 0.348. The normalized spacial score (nSPS) is 15.9. The second-order valence-electron chi connectivity index (χ2n) is 7.55. The third kappa shape index (κ3) is 5.23. The first-order valence-electron chi connectivity index (χ1n) is 10.0. The van der Waals surface area contributed by atoms with E-state index in [0.717, 1.165) is 16.8 Å². The van der Waals surface area contributed by atoms with E-state index in [0.29, 0.717) is 18.5 Å². The van der Waals surface area contributed by atoms with Crippen molar-refractivity contribution in [3.8, 4) is 0 Å². The molecular weight excluding hydrogens is 385 g/mol. The number of benzene rings is 2. The first kappa shape index (κ1) is 21.5. The van der Waals surface area contributed by atoms with Crippen molar-refractivity contribution in [2.24, 2.45) is 5.92 Å². The lowest BCUT2D eigenvalue weighted by molar-refractivity contribution is -0.132. The number of aryl methyl sites for hydroxylation is 2. The molecule has 1 aliphatic heterocycles. The first-order valence-corrected chi connectivity index (χ1v) is 10.0. The number of anilines is 1. The smallest absolute Gasteiger partial charge is 0.239 e. The van der Waals surface area contributed by atoms with Gasteiger partial charge in [0.05, 0.1) is 6.42 Å². The zero-order chi connectivity index (χ0) is 21.7. The molecule has 1 fully saturated rings. The Balaban J connectivity index is 1.43. The molecule has 0 spiro atoms. The highest BCUT2D eigenvalue weighted by molar-refractivity contribution is 6.09. The van der Waals surface area contributed by atoms with Crippen LogP contribution in [-0.2, 0) is 20.8 Å². The standard InChI is InChI=1S/C23H26FN3O3/c1-15-6-7-19(12-16(15)2)27-11-8-20(23(27)30)22(29)26-10-9-25-21(28)14-17-4-3-5-18(24)13-17/h3-7,12-13,20H,8-11,14H2,1-2H3,(H,25,28)(H,26,29). The summed E-state index contributed by atoms with van der Waals surface area (Å²) in [6.45, 7) is 4.97. The minimum atomic E-state index is -0.713. The minimum absolute atomic E-state index is 0.0672. The Bertz CT molecular complexity index is 960. The summed E-state index contributed by atoms with van der Waals surface area (Å²) in [6, 6.07) is 11.7. The van der Waals surface area contributed by atoms with Crippen molar-refractivity contribution in [1.82, 2.24) is 10.6 Å². The highest BCUT2D eigenvalue weighted by atomic mass is 19.1. The summed E-state index contributed by atoms with van der Waals surface area (Å²) in [5, 5.41) is 5.40. The van der Waals surface area contributed by atoms with E-state index in [1.807, 2.05) is 32.0 Å². The van der Waals surface area contributed by atoms with Crippen LogP contribution in [0.15, 0.2) is 42.5 Å². The van der Waals surface area contributed by atoms with Gasteiger partial charge in [-0.3, -0.25) is 14.4 Å². The van der Waals surface area contributed by atoms with Crippen LogP contribution in [0.3, 0.4) is 0 Å². The molecule has 2 N–H and O–H groups in total. The largest absolute Gasteiger partial charge is 0.354 e. The van der Waals surface area contributed by atoms with Gasteiger partial charge in [0.2, 0.25) is 17.7 Å². The van der Waals surface area contributed by atoms with Gasteiger partial charge in [0.25, 0.3) is 0 Å². The van der Waals surface area contributed by atoms with E-state index >= 15 is 0 Å². The predicted octanol–water partition coefficient (Wildman–Crippen LogP) is 2.27. The van der Waals surface area contributed by atoms with Crippen molar-refractivity contribution in [3.05, 3.63) is 65.0 Å². The quantitative estimate of drug-likeness (QED) is 0.542. The van der Waals surface area contributed by atoms with Crippen molar-refractivity contribution in [1.29, 1.82) is 0 Å². The number of hydrogen-bond donors (Lipinski definition) is 2. The number of carbonyl (C=O) groups excluding carboxylic acids is 3. The van der Waals surface area contributed by atoms with Crippen LogP contribution in [0.4, 0.5) is 10.1 Å². The molecular formula is C23H26FN3O3. The summed E-state index contributed by atoms with van der Waals surface area (Å²) in [4.78, 5) is 38.7. The number of hydrogen-bond acceptors (Lipinski definition) is 3. The van der Waals surface area contributed by atoms with Gasteiger partial charge in [0.15, 0.2) is 0 Å². The Morgan fingerprint density at radius 3 is 2.57 bits per heavy atom. The molecule has 2 aromatic carbocycles. The van der Waals surface area contributed by atoms with Gasteiger partial charge < -0.3 is 15.5 Å². The average Bonchev–Trinajstić information content (AvgIpc) is 3.09. The summed E-state index contributed by atoms with van der Waals surface area (Å²) in [6.07, 6.45) is 0.529. The molecule has 1 saturated heterocycles. The van der Waals surface area contributed by atoms with Crippen LogP contribution in [0, 0.1) is 25.6 Å². The van der Waals surface area contributed by atoms with Gasteiger partial charge in [-0.2, -0.15) is 0 Å². The molecule has 158 valence electrons. The molecule has 1 heterocycles. The molecule has 0 aromatic heterocycles. The Kier molecular flexibility index (Phi) is 6.82. The van der Waals surface area contributed by atoms with Gasteiger partial charge in [0.1, 0.15) is 11.7 Å². The summed E-state index contributed by atoms with van der Waals surface area (Å²) in [7, 11) is 0. The fourth-order valence-corrected chi connectivity index (χ4v) is 3.48. The zero-order valence-electron chi connectivity index (χ0n) is 17.2. The topological polar surface area (TPSA) is 78.5 Å². The summed E-state index contributed by atoms with van der Waals surface area (Å²) in [5.41, 5.74) is 3.64. The molecule has 0 bridgehead atoms. The highest BCUT2D eigenvalue weighted by Crippen LogP contribution is 2.27. The molecule has 2 aromatic rings. The van der Waals surface area contributed by atoms with Crippen molar-refractivity contribution in [3.63, 3.8) is 0 Å². The van der Waals surface area contributed by atoms with Crippen molar-refractivity contribution < 1.29 is 18.8 Å². The lowest BCUT2D eigenvalue weighted by atomic mass is 10.1. The van der Waals surface area contributed by atoms with Crippen LogP contribution < -0.4 is 15.5 Å². The predicted molar refractivity (Wildman–Crippen MR) is 112 cm³/mol. The Morgan fingerprint density at radius 2 is 1.83 bits per heavy atom. The van der Waals surface area contributed by atoms with Crippen LogP contribution in [0.1, 0.15) is 23.1 Å². The van der Waals surface area contributed by atoms with Crippen LogP contribution in [0.5, 0.6) is 0 Å². The van der Waals surface area contributed by atoms with Gasteiger partial charge in [-0.1, -0.05) is 18.2 Å². The zero-order valence-corrected chi connectivity index (χ0v) is 17.2. The van der Waals surface area contributed by atoms with Crippen LogP contribution in [0.25, 0.3) is 0 Å². The van der Waals surface area contributed by atoms with Gasteiger partial charge >= 0.3 is 0 Å². The molecule has 3 amide bonds. The Hall–Kier alpha value is -3.22. The minimum Gasteiger partial charge on any atom is -0.354 e. The molecule has 6 nitrogen and oxygen atoms in total. The van der Waals surface area contributed by atoms with E-state index < -0.39 is 5.92 Å². The van der Waals surface area contributed by atoms with Gasteiger partial charge in [-0.05, 0) is 61.2 Å². The van der Waals surface area contributed by atoms with Gasteiger partial charge in [-0.15, -0.1) is 0 Å². The number of rotatable bonds is 7. The third-order valence-electron chi connectivity index (χ3n) is 5.32. The molecule has 0 saturated carbocycles. The Labute approximate surface area is 175 Å². The molecule has 0 aliphatic carbocycles. The first-order chi connectivity index (χ1) is 14.3. The SMILES string of the molecule is Cc1ccc(N2CCC(C(=O)NCCNC(=O)Cc3cccc(F)c3)C2=O)cc1C. The maximum absolute atomic E-state index is 13.2. The van der Waals surface area contributed by atoms with Crippen molar-refractivity contribution >= 4 is 23.4 Å². The van der Waals surface area contributed by atoms with Gasteiger partial charge in [0, 0.05) is 25.3 Å². The number of amides is 3. The van der Waals surface area contributed by atoms with E-state index in [1.165, 1.54) is 12.1 Å². The Morgan fingerprint density at radius 1 is 1.07 bits per heavy atom. The lowest BCUT2D eigenvalue weighted by Crippen LogP contribution is -2.40. The van der Waals surface area contributed by atoms with Crippen molar-refractivity contribution in [2.45, 2.75) is 26.7 Å². The molecule has 30 heavy (non-hydrogen) atoms. The van der Waals surface area contributed by atoms with E-state index in [2.05, 4.69) is 10.6 Å². The van der Waals surface area contributed by atoms with Crippen molar-refractivity contribution in [2.75, 3.05) is 24.5 Å². The number of carbonyl (C=O) groups is 3. The van der Waals surface area contributed by atoms with Crippen LogP contribution in [0.2, 0.25) is 0 Å². The molecule has 1 aliphatic rings. The van der Waals surface area contributed by atoms with E-state index in [4.69, 9.17) is 0 Å². The number of nitrogens with zero attached hydrogens (tertiary/aromatic N) is 1. The second-order valence-corrected chi connectivity index (χ2v) is 7.55. The summed E-state index contributed by atoms with van der Waals surface area (Å²) >= 11 is 0. The maximum atomic E-state index is 13.2. The fourth-order valence-electron chi connectivity index (χ4n) is 3.48. The second kappa shape index (κ2) is 9.52. The summed E-state index contributed by atoms with van der Waals surface area (Å²) in [5.74, 6) is -1.89. The number of halogens is 1. The van der Waals surface area contributed by atoms with E-state index in [1.54, 1.807) is 17.0 Å². The van der Waals surface area contributed by atoms with Crippen LogP contribution in [-0.4, -0.2) is 37.4 Å². The molecule has 1 unspecified atom stereocenters. The molecule has 7 heteroatoms. The molecule has 0 radical (unpaired) electrons. The van der Waals surface area contributed by atoms with E-state index in [-0.39, 0.29) is 43.0 Å². The average molecular weight is 411 g/mol. The van der Waals surface area contributed by atoms with Crippen LogP contribution >= 0.6 is 0 Å². The highest BCUT2D eigenvalue weighted by Gasteiger charge is 2.37. The molecule has 3 rings (SSSR count). The maximum Gasteiger partial charge on any atom is 0.239 e. The number of nitrogens with one attached hydrogen (secondary N) is 2. The summed E-state index contributed by atoms with van der Waals surface area (Å²) < 4.78 is 13.2. The van der Waals surface area contributed by atoms with E-state index in [9.17, 15) is 18.8 Å². The monoisotopic (exact) mass is 411 g/mol. The molecule has 1 atom stereocenters. The lowest BCUT2D eigenvalue weighted by Gasteiger charge is -2.18. The van der Waals surface area contributed by atoms with Gasteiger partial charge in [-0.25, -0.2) is 4.39 Å².